The van der Waals surface area contributed by atoms with Crippen molar-refractivity contribution in [2.45, 2.75) is 63.8 Å². The van der Waals surface area contributed by atoms with Crippen LogP contribution in [0.15, 0.2) is 12.2 Å². The number of ether oxygens (including phenoxy) is 1. The van der Waals surface area contributed by atoms with Gasteiger partial charge in [0.25, 0.3) is 0 Å². The van der Waals surface area contributed by atoms with Crippen molar-refractivity contribution in [1.29, 1.82) is 0 Å². The molecule has 3 amide bonds. The largest absolute Gasteiger partial charge is 0.394 e. The molecule has 3 N–H and O–H groups in total. The summed E-state index contributed by atoms with van der Waals surface area (Å²) >= 11 is 0. The SMILES string of the molecule is CC(C)NC(=O)N[C@H]1C=C[C@@H](CC(=O)N2CCCCC2)O[C@@H]1CO. The Bertz CT molecular complexity index is 461. The molecule has 2 rings (SSSR count). The van der Waals surface area contributed by atoms with E-state index in [1.807, 2.05) is 18.7 Å². The second kappa shape index (κ2) is 9.03. The fraction of sp³-hybridized carbons (Fsp3) is 0.765. The van der Waals surface area contributed by atoms with Gasteiger partial charge in [-0.3, -0.25) is 4.79 Å². The quantitative estimate of drug-likeness (QED) is 0.646. The smallest absolute Gasteiger partial charge is 0.315 e. The van der Waals surface area contributed by atoms with Crippen molar-refractivity contribution in [1.82, 2.24) is 15.5 Å². The Kier molecular flexibility index (Phi) is 7.05. The van der Waals surface area contributed by atoms with Crippen molar-refractivity contribution in [2.24, 2.45) is 0 Å². The molecule has 7 heteroatoms. The number of rotatable bonds is 5. The normalized spacial score (nSPS) is 27.2. The summed E-state index contributed by atoms with van der Waals surface area (Å²) < 4.78 is 5.79. The van der Waals surface area contributed by atoms with Gasteiger partial charge in [-0.25, -0.2) is 4.79 Å². The van der Waals surface area contributed by atoms with E-state index in [9.17, 15) is 14.7 Å². The minimum Gasteiger partial charge on any atom is -0.394 e. The summed E-state index contributed by atoms with van der Waals surface area (Å²) in [6.45, 7) is 5.17. The Morgan fingerprint density at radius 1 is 1.25 bits per heavy atom. The third kappa shape index (κ3) is 5.49. The first-order chi connectivity index (χ1) is 11.5. The first-order valence-electron chi connectivity index (χ1n) is 8.79. The number of piperidine rings is 1. The highest BCUT2D eigenvalue weighted by atomic mass is 16.5. The maximum Gasteiger partial charge on any atom is 0.315 e. The molecule has 0 bridgehead atoms. The van der Waals surface area contributed by atoms with Crippen molar-refractivity contribution in [3.8, 4) is 0 Å². The number of nitrogens with zero attached hydrogens (tertiary/aromatic N) is 1. The minimum atomic E-state index is -0.549. The molecule has 1 fully saturated rings. The second-order valence-electron chi connectivity index (χ2n) is 6.72. The molecule has 24 heavy (non-hydrogen) atoms. The van der Waals surface area contributed by atoms with Crippen LogP contribution in [0, 0.1) is 0 Å². The number of aliphatic hydroxyl groups excluding tert-OH is 1. The Morgan fingerprint density at radius 2 is 1.96 bits per heavy atom. The number of nitrogens with one attached hydrogen (secondary N) is 2. The first-order valence-corrected chi connectivity index (χ1v) is 8.79. The molecule has 136 valence electrons. The van der Waals surface area contributed by atoms with Gasteiger partial charge in [0.1, 0.15) is 6.10 Å². The van der Waals surface area contributed by atoms with Gasteiger partial charge in [-0.05, 0) is 33.1 Å². The number of hydrogen-bond donors (Lipinski definition) is 3. The van der Waals surface area contributed by atoms with E-state index in [0.717, 1.165) is 25.9 Å². The summed E-state index contributed by atoms with van der Waals surface area (Å²) in [7, 11) is 0. The fourth-order valence-electron chi connectivity index (χ4n) is 3.04. The molecule has 0 aromatic heterocycles. The van der Waals surface area contributed by atoms with Crippen LogP contribution in [0.2, 0.25) is 0 Å². The van der Waals surface area contributed by atoms with Gasteiger partial charge in [-0.15, -0.1) is 0 Å². The van der Waals surface area contributed by atoms with Crippen molar-refractivity contribution in [2.75, 3.05) is 19.7 Å². The lowest BCUT2D eigenvalue weighted by molar-refractivity contribution is -0.136. The fourth-order valence-corrected chi connectivity index (χ4v) is 3.04. The van der Waals surface area contributed by atoms with Crippen LogP contribution in [0.5, 0.6) is 0 Å². The number of carbonyl (C=O) groups excluding carboxylic acids is 2. The van der Waals surface area contributed by atoms with Gasteiger partial charge in [0.05, 0.1) is 25.2 Å². The van der Waals surface area contributed by atoms with E-state index >= 15 is 0 Å². The number of urea groups is 1. The van der Waals surface area contributed by atoms with Crippen LogP contribution in [-0.4, -0.2) is 65.9 Å². The Balaban J connectivity index is 1.87. The Labute approximate surface area is 143 Å². The monoisotopic (exact) mass is 339 g/mol. The molecule has 2 heterocycles. The summed E-state index contributed by atoms with van der Waals surface area (Å²) in [5, 5.41) is 15.0. The number of amides is 3. The van der Waals surface area contributed by atoms with Gasteiger partial charge in [0.15, 0.2) is 0 Å². The van der Waals surface area contributed by atoms with Crippen LogP contribution >= 0.6 is 0 Å². The number of likely N-dealkylation sites (tertiary alicyclic amines) is 1. The van der Waals surface area contributed by atoms with Crippen LogP contribution in [0.3, 0.4) is 0 Å². The van der Waals surface area contributed by atoms with Gasteiger partial charge in [-0.1, -0.05) is 12.2 Å². The first kappa shape index (κ1) is 18.7. The summed E-state index contributed by atoms with van der Waals surface area (Å²) in [6.07, 6.45) is 6.27. The molecule has 2 aliphatic rings. The highest BCUT2D eigenvalue weighted by Crippen LogP contribution is 2.18. The lowest BCUT2D eigenvalue weighted by Gasteiger charge is -2.33. The van der Waals surface area contributed by atoms with Crippen molar-refractivity contribution >= 4 is 11.9 Å². The predicted molar refractivity (Wildman–Crippen MR) is 90.5 cm³/mol. The molecule has 0 saturated carbocycles. The van der Waals surface area contributed by atoms with Crippen molar-refractivity contribution < 1.29 is 19.4 Å². The van der Waals surface area contributed by atoms with Crippen LogP contribution in [0.1, 0.15) is 39.5 Å². The van der Waals surface area contributed by atoms with Crippen LogP contribution in [0.25, 0.3) is 0 Å². The maximum atomic E-state index is 12.3. The van der Waals surface area contributed by atoms with E-state index < -0.39 is 12.1 Å². The average molecular weight is 339 g/mol. The number of hydrogen-bond acceptors (Lipinski definition) is 4. The average Bonchev–Trinajstić information content (AvgIpc) is 2.56. The molecule has 0 aromatic carbocycles. The maximum absolute atomic E-state index is 12.3. The molecule has 1 saturated heterocycles. The third-order valence-electron chi connectivity index (χ3n) is 4.27. The zero-order chi connectivity index (χ0) is 17.5. The highest BCUT2D eigenvalue weighted by molar-refractivity contribution is 5.77. The molecule has 0 aliphatic carbocycles. The summed E-state index contributed by atoms with van der Waals surface area (Å²) in [6, 6.07) is -0.680. The minimum absolute atomic E-state index is 0.0287. The topological polar surface area (TPSA) is 90.9 Å². The standard InChI is InChI=1S/C17H29N3O4/c1-12(2)18-17(23)19-14-7-6-13(24-15(14)11-21)10-16(22)20-8-4-3-5-9-20/h6-7,12-15,21H,3-5,8-11H2,1-2H3,(H2,18,19,23)/t13-,14-,15+/m0/s1. The second-order valence-corrected chi connectivity index (χ2v) is 6.72. The van der Waals surface area contributed by atoms with Gasteiger partial charge in [0, 0.05) is 19.1 Å². The van der Waals surface area contributed by atoms with Gasteiger partial charge < -0.3 is 25.4 Å². The molecule has 0 aromatic rings. The lowest BCUT2D eigenvalue weighted by Crippen LogP contribution is -2.52. The number of aliphatic hydroxyl groups is 1. The highest BCUT2D eigenvalue weighted by Gasteiger charge is 2.30. The van der Waals surface area contributed by atoms with E-state index in [1.165, 1.54) is 6.42 Å². The molecule has 0 spiro atoms. The summed E-state index contributed by atoms with van der Waals surface area (Å²) in [4.78, 5) is 26.0. The van der Waals surface area contributed by atoms with Crippen molar-refractivity contribution in [3.05, 3.63) is 12.2 Å². The van der Waals surface area contributed by atoms with Gasteiger partial charge in [-0.2, -0.15) is 0 Å². The predicted octanol–water partition coefficient (Wildman–Crippen LogP) is 0.781. The molecule has 0 unspecified atom stereocenters. The zero-order valence-electron chi connectivity index (χ0n) is 14.5. The zero-order valence-corrected chi connectivity index (χ0v) is 14.5. The van der Waals surface area contributed by atoms with E-state index in [4.69, 9.17) is 4.74 Å². The summed E-state index contributed by atoms with van der Waals surface area (Å²) in [5.74, 6) is 0.0880. The lowest BCUT2D eigenvalue weighted by atomic mass is 10.0. The molecular formula is C17H29N3O4. The van der Waals surface area contributed by atoms with Crippen LogP contribution in [0.4, 0.5) is 4.79 Å². The van der Waals surface area contributed by atoms with E-state index in [0.29, 0.717) is 0 Å². The molecule has 2 aliphatic heterocycles. The summed E-state index contributed by atoms with van der Waals surface area (Å²) in [5.41, 5.74) is 0. The third-order valence-corrected chi connectivity index (χ3v) is 4.27. The Morgan fingerprint density at radius 3 is 2.58 bits per heavy atom. The van der Waals surface area contributed by atoms with Gasteiger partial charge in [0.2, 0.25) is 5.91 Å². The van der Waals surface area contributed by atoms with Crippen molar-refractivity contribution in [3.63, 3.8) is 0 Å². The van der Waals surface area contributed by atoms with E-state index in [-0.39, 0.29) is 37.1 Å². The molecule has 0 radical (unpaired) electrons. The van der Waals surface area contributed by atoms with Crippen LogP contribution in [-0.2, 0) is 9.53 Å². The van der Waals surface area contributed by atoms with E-state index in [1.54, 1.807) is 12.2 Å². The van der Waals surface area contributed by atoms with E-state index in [2.05, 4.69) is 10.6 Å². The van der Waals surface area contributed by atoms with Crippen LogP contribution < -0.4 is 10.6 Å². The molecular weight excluding hydrogens is 310 g/mol. The molecule has 3 atom stereocenters. The Hall–Kier alpha value is -1.60. The molecule has 7 nitrogen and oxygen atoms in total. The number of carbonyl (C=O) groups is 2. The van der Waals surface area contributed by atoms with Gasteiger partial charge >= 0.3 is 6.03 Å².